The van der Waals surface area contributed by atoms with Crippen molar-refractivity contribution >= 4 is 5.91 Å². The maximum atomic E-state index is 12.2. The van der Waals surface area contributed by atoms with E-state index in [1.165, 1.54) is 7.11 Å². The van der Waals surface area contributed by atoms with E-state index < -0.39 is 0 Å². The third kappa shape index (κ3) is 3.17. The van der Waals surface area contributed by atoms with Crippen LogP contribution >= 0.6 is 0 Å². The average molecular weight is 329 g/mol. The predicted molar refractivity (Wildman–Crippen MR) is 88.8 cm³/mol. The summed E-state index contributed by atoms with van der Waals surface area (Å²) in [5.41, 5.74) is 0.817. The summed E-state index contributed by atoms with van der Waals surface area (Å²) in [5, 5.41) is 0. The minimum atomic E-state index is -0.0360. The van der Waals surface area contributed by atoms with Crippen LogP contribution in [-0.4, -0.2) is 50.6 Å². The van der Waals surface area contributed by atoms with Crippen molar-refractivity contribution in [2.75, 3.05) is 20.3 Å². The van der Waals surface area contributed by atoms with Crippen molar-refractivity contribution in [3.8, 4) is 5.82 Å². The van der Waals surface area contributed by atoms with E-state index >= 15 is 0 Å². The Morgan fingerprint density at radius 2 is 2.25 bits per heavy atom. The first-order valence-electron chi connectivity index (χ1n) is 8.25. The number of carbonyl (C=O) groups excluding carboxylic acids is 1. The van der Waals surface area contributed by atoms with Gasteiger partial charge in [0.1, 0.15) is 12.4 Å². The van der Waals surface area contributed by atoms with Gasteiger partial charge >= 0.3 is 0 Å². The van der Waals surface area contributed by atoms with Crippen LogP contribution in [0.25, 0.3) is 5.82 Å². The van der Waals surface area contributed by atoms with Crippen molar-refractivity contribution in [2.45, 2.75) is 38.6 Å². The van der Waals surface area contributed by atoms with Crippen LogP contribution < -0.4 is 0 Å². The molecule has 0 bridgehead atoms. The van der Waals surface area contributed by atoms with Crippen molar-refractivity contribution in [3.05, 3.63) is 36.3 Å². The van der Waals surface area contributed by atoms with E-state index in [-0.39, 0.29) is 24.5 Å². The summed E-state index contributed by atoms with van der Waals surface area (Å²) < 4.78 is 6.94. The highest BCUT2D eigenvalue weighted by molar-refractivity contribution is 5.78. The number of nitrogens with zero attached hydrogens (tertiary/aromatic N) is 5. The molecule has 0 unspecified atom stereocenters. The fourth-order valence-corrected chi connectivity index (χ4v) is 3.16. The molecule has 7 heteroatoms. The lowest BCUT2D eigenvalue weighted by Crippen LogP contribution is -2.33. The summed E-state index contributed by atoms with van der Waals surface area (Å²) in [6.07, 6.45) is 9.01. The molecule has 7 nitrogen and oxygen atoms in total. The SMILES string of the molecule is COCC(=O)N1CCC[C@@H]1c1cncc(-n2ccnc2C(C)C)n1. The Balaban J connectivity index is 1.90. The van der Waals surface area contributed by atoms with Crippen LogP contribution in [0.4, 0.5) is 0 Å². The summed E-state index contributed by atoms with van der Waals surface area (Å²) in [5.74, 6) is 1.97. The predicted octanol–water partition coefficient (Wildman–Crippen LogP) is 2.10. The lowest BCUT2D eigenvalue weighted by Gasteiger charge is -2.24. The van der Waals surface area contributed by atoms with Crippen molar-refractivity contribution in [2.24, 2.45) is 0 Å². The van der Waals surface area contributed by atoms with Gasteiger partial charge in [0, 0.05) is 32.0 Å². The number of ether oxygens (including phenoxy) is 1. The van der Waals surface area contributed by atoms with Gasteiger partial charge in [0.05, 0.1) is 24.1 Å². The van der Waals surface area contributed by atoms with Crippen molar-refractivity contribution in [1.82, 2.24) is 24.4 Å². The molecular weight excluding hydrogens is 306 g/mol. The maximum absolute atomic E-state index is 12.2. The Bertz CT molecular complexity index is 713. The molecule has 3 heterocycles. The number of likely N-dealkylation sites (tertiary alicyclic amines) is 1. The first-order valence-corrected chi connectivity index (χ1v) is 8.25. The molecule has 128 valence electrons. The summed E-state index contributed by atoms with van der Waals surface area (Å²) in [6, 6.07) is -0.0360. The van der Waals surface area contributed by atoms with E-state index in [1.807, 2.05) is 15.7 Å². The van der Waals surface area contributed by atoms with E-state index in [0.717, 1.165) is 36.7 Å². The van der Waals surface area contributed by atoms with Gasteiger partial charge in [-0.2, -0.15) is 0 Å². The fourth-order valence-electron chi connectivity index (χ4n) is 3.16. The molecule has 1 atom stereocenters. The fraction of sp³-hybridized carbons (Fsp3) is 0.529. The van der Waals surface area contributed by atoms with Gasteiger partial charge in [-0.25, -0.2) is 9.97 Å². The van der Waals surface area contributed by atoms with E-state index in [2.05, 4.69) is 23.8 Å². The quantitative estimate of drug-likeness (QED) is 0.840. The second kappa shape index (κ2) is 7.09. The van der Waals surface area contributed by atoms with Gasteiger partial charge in [-0.15, -0.1) is 0 Å². The van der Waals surface area contributed by atoms with Gasteiger partial charge in [-0.05, 0) is 12.8 Å². The Morgan fingerprint density at radius 1 is 1.42 bits per heavy atom. The first kappa shape index (κ1) is 16.6. The molecule has 2 aromatic heterocycles. The average Bonchev–Trinajstić information content (AvgIpc) is 3.24. The van der Waals surface area contributed by atoms with Crippen LogP contribution in [0.2, 0.25) is 0 Å². The summed E-state index contributed by atoms with van der Waals surface area (Å²) in [6.45, 7) is 5.03. The Hall–Kier alpha value is -2.28. The van der Waals surface area contributed by atoms with Crippen LogP contribution in [0.15, 0.2) is 24.8 Å². The second-order valence-electron chi connectivity index (χ2n) is 6.29. The van der Waals surface area contributed by atoms with Gasteiger partial charge in [-0.3, -0.25) is 14.3 Å². The zero-order valence-electron chi connectivity index (χ0n) is 14.3. The second-order valence-corrected chi connectivity index (χ2v) is 6.29. The van der Waals surface area contributed by atoms with Gasteiger partial charge in [0.2, 0.25) is 5.91 Å². The molecule has 1 aliphatic heterocycles. The zero-order valence-corrected chi connectivity index (χ0v) is 14.3. The number of rotatable bonds is 5. The lowest BCUT2D eigenvalue weighted by atomic mass is 10.1. The van der Waals surface area contributed by atoms with Crippen molar-refractivity contribution < 1.29 is 9.53 Å². The molecule has 3 rings (SSSR count). The molecule has 2 aromatic rings. The molecule has 1 fully saturated rings. The standard InChI is InChI=1S/C17H23N5O2/c1-12(2)17-19-6-8-22(17)15-10-18-9-13(20-15)14-5-4-7-21(14)16(23)11-24-3/h6,8-10,12,14H,4-5,7,11H2,1-3H3/t14-/m1/s1. The number of carbonyl (C=O) groups is 1. The van der Waals surface area contributed by atoms with Crippen LogP contribution in [0.5, 0.6) is 0 Å². The normalized spacial score (nSPS) is 17.7. The van der Waals surface area contributed by atoms with Gasteiger partial charge in [-0.1, -0.05) is 13.8 Å². The van der Waals surface area contributed by atoms with Crippen LogP contribution in [0.3, 0.4) is 0 Å². The molecule has 0 N–H and O–H groups in total. The maximum Gasteiger partial charge on any atom is 0.249 e. The van der Waals surface area contributed by atoms with Crippen LogP contribution in [-0.2, 0) is 9.53 Å². The van der Waals surface area contributed by atoms with E-state index in [1.54, 1.807) is 18.6 Å². The molecule has 24 heavy (non-hydrogen) atoms. The Kier molecular flexibility index (Phi) is 4.89. The summed E-state index contributed by atoms with van der Waals surface area (Å²) >= 11 is 0. The lowest BCUT2D eigenvalue weighted by molar-refractivity contribution is -0.136. The minimum Gasteiger partial charge on any atom is -0.375 e. The van der Waals surface area contributed by atoms with Crippen LogP contribution in [0.1, 0.15) is 50.2 Å². The summed E-state index contributed by atoms with van der Waals surface area (Å²) in [4.78, 5) is 27.6. The topological polar surface area (TPSA) is 73.1 Å². The largest absolute Gasteiger partial charge is 0.375 e. The number of aromatic nitrogens is 4. The number of amides is 1. The molecule has 1 saturated heterocycles. The highest BCUT2D eigenvalue weighted by Crippen LogP contribution is 2.31. The molecule has 1 aliphatic rings. The smallest absolute Gasteiger partial charge is 0.249 e. The summed E-state index contributed by atoms with van der Waals surface area (Å²) in [7, 11) is 1.54. The van der Waals surface area contributed by atoms with Gasteiger partial charge in [0.25, 0.3) is 0 Å². The molecular formula is C17H23N5O2. The molecule has 0 aliphatic carbocycles. The van der Waals surface area contributed by atoms with Gasteiger partial charge in [0.15, 0.2) is 5.82 Å². The van der Waals surface area contributed by atoms with E-state index in [0.29, 0.717) is 0 Å². The first-order chi connectivity index (χ1) is 11.6. The highest BCUT2D eigenvalue weighted by atomic mass is 16.5. The molecule has 0 saturated carbocycles. The molecule has 1 amide bonds. The van der Waals surface area contributed by atoms with Crippen molar-refractivity contribution in [1.29, 1.82) is 0 Å². The third-order valence-corrected chi connectivity index (χ3v) is 4.26. The highest BCUT2D eigenvalue weighted by Gasteiger charge is 2.31. The Morgan fingerprint density at radius 3 is 3.00 bits per heavy atom. The van der Waals surface area contributed by atoms with E-state index in [9.17, 15) is 4.79 Å². The molecule has 0 spiro atoms. The van der Waals surface area contributed by atoms with Crippen LogP contribution in [0, 0.1) is 0 Å². The van der Waals surface area contributed by atoms with Crippen molar-refractivity contribution in [3.63, 3.8) is 0 Å². The minimum absolute atomic E-state index is 0.00213. The molecule has 0 radical (unpaired) electrons. The third-order valence-electron chi connectivity index (χ3n) is 4.26. The zero-order chi connectivity index (χ0) is 17.1. The van der Waals surface area contributed by atoms with Gasteiger partial charge < -0.3 is 9.64 Å². The number of imidazole rings is 1. The van der Waals surface area contributed by atoms with E-state index in [4.69, 9.17) is 9.72 Å². The number of hydrogen-bond donors (Lipinski definition) is 0. The molecule has 0 aromatic carbocycles. The number of hydrogen-bond acceptors (Lipinski definition) is 5. The Labute approximate surface area is 141 Å². The number of methoxy groups -OCH3 is 1. The monoisotopic (exact) mass is 329 g/mol.